The van der Waals surface area contributed by atoms with Crippen molar-refractivity contribution >= 4 is 17.3 Å². The van der Waals surface area contributed by atoms with Crippen LogP contribution in [0, 0.1) is 0 Å². The molecule has 0 aliphatic carbocycles. The Morgan fingerprint density at radius 3 is 2.89 bits per heavy atom. The number of fused-ring (bicyclic) bond motifs is 1. The molecule has 2 aromatic rings. The van der Waals surface area contributed by atoms with Gasteiger partial charge in [0.15, 0.2) is 11.5 Å². The van der Waals surface area contributed by atoms with Crippen LogP contribution < -0.4 is 14.8 Å². The van der Waals surface area contributed by atoms with Crippen LogP contribution in [-0.4, -0.2) is 16.8 Å². The van der Waals surface area contributed by atoms with Gasteiger partial charge in [-0.15, -0.1) is 0 Å². The van der Waals surface area contributed by atoms with Gasteiger partial charge < -0.3 is 14.8 Å². The molecule has 1 aromatic carbocycles. The van der Waals surface area contributed by atoms with Crippen LogP contribution in [0.2, 0.25) is 5.02 Å². The third-order valence-electron chi connectivity index (χ3n) is 2.54. The van der Waals surface area contributed by atoms with Crippen LogP contribution in [0.1, 0.15) is 5.56 Å². The minimum absolute atomic E-state index is 0.221. The van der Waals surface area contributed by atoms with E-state index in [0.717, 1.165) is 11.3 Å². The maximum absolute atomic E-state index is 6.10. The highest BCUT2D eigenvalue weighted by Crippen LogP contribution is 2.39. The number of aromatic nitrogens is 2. The Labute approximate surface area is 109 Å². The van der Waals surface area contributed by atoms with Crippen LogP contribution in [0.25, 0.3) is 0 Å². The van der Waals surface area contributed by atoms with Crippen LogP contribution in [0.3, 0.4) is 0 Å². The lowest BCUT2D eigenvalue weighted by molar-refractivity contribution is 0.174. The van der Waals surface area contributed by atoms with E-state index >= 15 is 0 Å². The van der Waals surface area contributed by atoms with Gasteiger partial charge in [0, 0.05) is 6.54 Å². The van der Waals surface area contributed by atoms with E-state index in [-0.39, 0.29) is 6.79 Å². The molecular weight excluding hydrogens is 254 g/mol. The number of hydrogen-bond donors (Lipinski definition) is 1. The van der Waals surface area contributed by atoms with Gasteiger partial charge in [0.1, 0.15) is 6.33 Å². The summed E-state index contributed by atoms with van der Waals surface area (Å²) in [6, 6.07) is 3.76. The van der Waals surface area contributed by atoms with E-state index in [1.54, 1.807) is 12.4 Å². The van der Waals surface area contributed by atoms with Crippen LogP contribution in [0.5, 0.6) is 11.5 Å². The number of hydrogen-bond acceptors (Lipinski definition) is 5. The first-order valence-electron chi connectivity index (χ1n) is 5.40. The second-order valence-electron chi connectivity index (χ2n) is 3.79. The summed E-state index contributed by atoms with van der Waals surface area (Å²) in [5, 5.41) is 3.76. The van der Waals surface area contributed by atoms with E-state index in [1.165, 1.54) is 6.33 Å². The Hall–Kier alpha value is -2.01. The van der Waals surface area contributed by atoms with Gasteiger partial charge in [-0.05, 0) is 17.7 Å². The van der Waals surface area contributed by atoms with E-state index in [1.807, 2.05) is 12.1 Å². The zero-order valence-corrected chi connectivity index (χ0v) is 10.1. The molecule has 0 fully saturated rings. The van der Waals surface area contributed by atoms with E-state index in [2.05, 4.69) is 15.3 Å². The second kappa shape index (κ2) is 4.70. The molecule has 0 unspecified atom stereocenters. The molecule has 18 heavy (non-hydrogen) atoms. The summed E-state index contributed by atoms with van der Waals surface area (Å²) in [5.74, 6) is 1.30. The highest BCUT2D eigenvalue weighted by Gasteiger charge is 2.17. The lowest BCUT2D eigenvalue weighted by Gasteiger charge is -2.07. The van der Waals surface area contributed by atoms with Crippen molar-refractivity contribution in [1.29, 1.82) is 0 Å². The van der Waals surface area contributed by atoms with Gasteiger partial charge in [0.05, 0.1) is 23.1 Å². The number of rotatable bonds is 3. The molecule has 2 heterocycles. The number of halogens is 1. The number of ether oxygens (including phenoxy) is 2. The molecule has 0 saturated heterocycles. The molecule has 0 saturated carbocycles. The summed E-state index contributed by atoms with van der Waals surface area (Å²) < 4.78 is 10.6. The summed E-state index contributed by atoms with van der Waals surface area (Å²) in [6.45, 7) is 0.836. The molecule has 1 N–H and O–H groups in total. The highest BCUT2D eigenvalue weighted by molar-refractivity contribution is 6.32. The molecule has 3 rings (SSSR count). The molecule has 0 spiro atoms. The normalized spacial score (nSPS) is 12.5. The van der Waals surface area contributed by atoms with Gasteiger partial charge in [-0.2, -0.15) is 0 Å². The maximum atomic E-state index is 6.10. The molecule has 92 valence electrons. The average Bonchev–Trinajstić information content (AvgIpc) is 2.86. The first kappa shape index (κ1) is 11.1. The molecule has 0 amide bonds. The Morgan fingerprint density at radius 2 is 2.06 bits per heavy atom. The topological polar surface area (TPSA) is 56.3 Å². The largest absolute Gasteiger partial charge is 0.454 e. The zero-order valence-electron chi connectivity index (χ0n) is 9.39. The predicted molar refractivity (Wildman–Crippen MR) is 66.9 cm³/mol. The van der Waals surface area contributed by atoms with E-state index < -0.39 is 0 Å². The average molecular weight is 264 g/mol. The third kappa shape index (κ3) is 2.17. The van der Waals surface area contributed by atoms with Crippen LogP contribution in [0.4, 0.5) is 5.69 Å². The minimum Gasteiger partial charge on any atom is -0.454 e. The van der Waals surface area contributed by atoms with Crippen LogP contribution in [-0.2, 0) is 6.54 Å². The number of anilines is 1. The quantitative estimate of drug-likeness (QED) is 0.922. The van der Waals surface area contributed by atoms with Crippen molar-refractivity contribution in [2.75, 3.05) is 12.1 Å². The number of benzene rings is 1. The standard InChI is InChI=1S/C12H10ClN3O2/c13-10-1-8(2-11-12(10)18-7-17-11)3-16-9-4-14-6-15-5-9/h1-2,4-6,16H,3,7H2. The lowest BCUT2D eigenvalue weighted by Crippen LogP contribution is -2.00. The predicted octanol–water partition coefficient (Wildman–Crippen LogP) is 2.47. The third-order valence-corrected chi connectivity index (χ3v) is 2.82. The monoisotopic (exact) mass is 263 g/mol. The molecule has 1 aromatic heterocycles. The lowest BCUT2D eigenvalue weighted by atomic mass is 10.2. The molecular formula is C12H10ClN3O2. The fourth-order valence-electron chi connectivity index (χ4n) is 1.72. The summed E-state index contributed by atoms with van der Waals surface area (Å²) in [6.07, 6.45) is 4.91. The number of nitrogens with one attached hydrogen (secondary N) is 1. The van der Waals surface area contributed by atoms with Crippen LogP contribution >= 0.6 is 11.6 Å². The molecule has 0 bridgehead atoms. The highest BCUT2D eigenvalue weighted by atomic mass is 35.5. The maximum Gasteiger partial charge on any atom is 0.231 e. The Morgan fingerprint density at radius 1 is 1.22 bits per heavy atom. The first-order chi connectivity index (χ1) is 8.83. The van der Waals surface area contributed by atoms with Gasteiger partial charge in [0.2, 0.25) is 6.79 Å². The molecule has 5 nitrogen and oxygen atoms in total. The van der Waals surface area contributed by atoms with Gasteiger partial charge in [-0.25, -0.2) is 9.97 Å². The summed E-state index contributed by atoms with van der Waals surface area (Å²) in [5.41, 5.74) is 1.86. The molecule has 6 heteroatoms. The van der Waals surface area contributed by atoms with Crippen molar-refractivity contribution in [3.8, 4) is 11.5 Å². The zero-order chi connectivity index (χ0) is 12.4. The van der Waals surface area contributed by atoms with Crippen molar-refractivity contribution in [3.05, 3.63) is 41.4 Å². The SMILES string of the molecule is Clc1cc(CNc2cncnc2)cc2c1OCO2. The minimum atomic E-state index is 0.221. The van der Waals surface area contributed by atoms with Gasteiger partial charge >= 0.3 is 0 Å². The summed E-state index contributed by atoms with van der Waals surface area (Å²) in [7, 11) is 0. The summed E-state index contributed by atoms with van der Waals surface area (Å²) in [4.78, 5) is 7.86. The van der Waals surface area contributed by atoms with E-state index in [9.17, 15) is 0 Å². The second-order valence-corrected chi connectivity index (χ2v) is 4.20. The van der Waals surface area contributed by atoms with Crippen molar-refractivity contribution < 1.29 is 9.47 Å². The Balaban J connectivity index is 1.76. The molecule has 1 aliphatic rings. The molecule has 1 aliphatic heterocycles. The van der Waals surface area contributed by atoms with Gasteiger partial charge in [0.25, 0.3) is 0 Å². The van der Waals surface area contributed by atoms with Crippen LogP contribution in [0.15, 0.2) is 30.9 Å². The van der Waals surface area contributed by atoms with Gasteiger partial charge in [-0.3, -0.25) is 0 Å². The van der Waals surface area contributed by atoms with Crippen molar-refractivity contribution in [3.63, 3.8) is 0 Å². The van der Waals surface area contributed by atoms with E-state index in [0.29, 0.717) is 23.1 Å². The van der Waals surface area contributed by atoms with Gasteiger partial charge in [-0.1, -0.05) is 11.6 Å². The fourth-order valence-corrected chi connectivity index (χ4v) is 2.01. The van der Waals surface area contributed by atoms with Crippen molar-refractivity contribution in [2.24, 2.45) is 0 Å². The van der Waals surface area contributed by atoms with Crippen molar-refractivity contribution in [1.82, 2.24) is 9.97 Å². The molecule has 0 radical (unpaired) electrons. The molecule has 0 atom stereocenters. The Bertz CT molecular complexity index is 563. The number of nitrogens with zero attached hydrogens (tertiary/aromatic N) is 2. The Kier molecular flexibility index (Phi) is 2.90. The summed E-state index contributed by atoms with van der Waals surface area (Å²) >= 11 is 6.10. The first-order valence-corrected chi connectivity index (χ1v) is 5.77. The smallest absolute Gasteiger partial charge is 0.231 e. The fraction of sp³-hybridized carbons (Fsp3) is 0.167. The van der Waals surface area contributed by atoms with E-state index in [4.69, 9.17) is 21.1 Å². The van der Waals surface area contributed by atoms with Crippen molar-refractivity contribution in [2.45, 2.75) is 6.54 Å².